The van der Waals surface area contributed by atoms with Gasteiger partial charge in [0.05, 0.1) is 12.6 Å². The Balaban J connectivity index is 1.49. The number of carbonyl (C=O) groups excluding carboxylic acids is 1. The van der Waals surface area contributed by atoms with Crippen LogP contribution in [0.5, 0.6) is 5.75 Å². The number of rotatable bonds is 4. The van der Waals surface area contributed by atoms with Gasteiger partial charge in [-0.15, -0.1) is 0 Å². The van der Waals surface area contributed by atoms with Crippen molar-refractivity contribution < 1.29 is 9.53 Å². The molecule has 1 aromatic carbocycles. The summed E-state index contributed by atoms with van der Waals surface area (Å²) >= 11 is 0. The van der Waals surface area contributed by atoms with Crippen LogP contribution in [-0.2, 0) is 17.8 Å². The SMILES string of the molecule is CC(C(=O)NC(C)(C)C)N1CCN(Cc2ccc3c(c2)CCO3)CC1. The molecule has 5 heteroatoms. The average molecular weight is 345 g/mol. The quantitative estimate of drug-likeness (QED) is 0.907. The number of hydrogen-bond acceptors (Lipinski definition) is 4. The van der Waals surface area contributed by atoms with Crippen LogP contribution >= 0.6 is 0 Å². The summed E-state index contributed by atoms with van der Waals surface area (Å²) in [5.41, 5.74) is 2.52. The van der Waals surface area contributed by atoms with E-state index in [0.29, 0.717) is 0 Å². The molecule has 0 radical (unpaired) electrons. The molecule has 1 atom stereocenters. The third-order valence-corrected chi connectivity index (χ3v) is 4.99. The van der Waals surface area contributed by atoms with E-state index in [1.54, 1.807) is 0 Å². The predicted octanol–water partition coefficient (Wildman–Crippen LogP) is 2.04. The van der Waals surface area contributed by atoms with Crippen molar-refractivity contribution in [2.45, 2.75) is 52.2 Å². The number of nitrogens with zero attached hydrogens (tertiary/aromatic N) is 2. The van der Waals surface area contributed by atoms with Gasteiger partial charge in [-0.2, -0.15) is 0 Å². The summed E-state index contributed by atoms with van der Waals surface area (Å²) in [5, 5.41) is 3.09. The highest BCUT2D eigenvalue weighted by molar-refractivity contribution is 5.81. The summed E-state index contributed by atoms with van der Waals surface area (Å²) in [5.74, 6) is 1.17. The molecule has 1 fully saturated rings. The fraction of sp³-hybridized carbons (Fsp3) is 0.650. The van der Waals surface area contributed by atoms with E-state index in [9.17, 15) is 4.79 Å². The number of fused-ring (bicyclic) bond motifs is 1. The monoisotopic (exact) mass is 345 g/mol. The molecule has 1 N–H and O–H groups in total. The number of benzene rings is 1. The third kappa shape index (κ3) is 4.73. The van der Waals surface area contributed by atoms with Gasteiger partial charge >= 0.3 is 0 Å². The van der Waals surface area contributed by atoms with Gasteiger partial charge in [-0.05, 0) is 44.9 Å². The molecule has 25 heavy (non-hydrogen) atoms. The number of amides is 1. The lowest BCUT2D eigenvalue weighted by Gasteiger charge is -2.38. The molecule has 0 saturated carbocycles. The first-order valence-electron chi connectivity index (χ1n) is 9.35. The second-order valence-corrected chi connectivity index (χ2v) is 8.27. The highest BCUT2D eigenvalue weighted by Gasteiger charge is 2.27. The fourth-order valence-corrected chi connectivity index (χ4v) is 3.55. The second kappa shape index (κ2) is 7.34. The minimum Gasteiger partial charge on any atom is -0.493 e. The van der Waals surface area contributed by atoms with Crippen molar-refractivity contribution in [2.24, 2.45) is 0 Å². The van der Waals surface area contributed by atoms with Crippen molar-refractivity contribution in [3.05, 3.63) is 29.3 Å². The molecule has 1 amide bonds. The highest BCUT2D eigenvalue weighted by atomic mass is 16.5. The molecule has 3 rings (SSSR count). The van der Waals surface area contributed by atoms with E-state index in [4.69, 9.17) is 4.74 Å². The standard InChI is InChI=1S/C20H31N3O2/c1-15(19(24)21-20(2,3)4)23-10-8-22(9-11-23)14-16-5-6-18-17(13-16)7-12-25-18/h5-6,13,15H,7-12,14H2,1-4H3,(H,21,24). The van der Waals surface area contributed by atoms with Gasteiger partial charge in [-0.1, -0.05) is 12.1 Å². The largest absolute Gasteiger partial charge is 0.493 e. The molecule has 0 aromatic heterocycles. The maximum atomic E-state index is 12.4. The van der Waals surface area contributed by atoms with Crippen molar-refractivity contribution in [3.8, 4) is 5.75 Å². The van der Waals surface area contributed by atoms with E-state index >= 15 is 0 Å². The Hall–Kier alpha value is -1.59. The smallest absolute Gasteiger partial charge is 0.237 e. The average Bonchev–Trinajstić information content (AvgIpc) is 3.01. The molecule has 2 aliphatic heterocycles. The van der Waals surface area contributed by atoms with Crippen LogP contribution in [0.1, 0.15) is 38.8 Å². The Kier molecular flexibility index (Phi) is 5.35. The zero-order valence-electron chi connectivity index (χ0n) is 16.0. The van der Waals surface area contributed by atoms with Crippen LogP contribution in [0.15, 0.2) is 18.2 Å². The van der Waals surface area contributed by atoms with Crippen LogP contribution in [0, 0.1) is 0 Å². The maximum Gasteiger partial charge on any atom is 0.237 e. The molecule has 2 aliphatic rings. The fourth-order valence-electron chi connectivity index (χ4n) is 3.55. The zero-order valence-corrected chi connectivity index (χ0v) is 16.0. The predicted molar refractivity (Wildman–Crippen MR) is 99.8 cm³/mol. The Labute approximate surface area is 151 Å². The topological polar surface area (TPSA) is 44.8 Å². The minimum atomic E-state index is -0.176. The Morgan fingerprint density at radius 3 is 2.64 bits per heavy atom. The number of carbonyl (C=O) groups is 1. The molecule has 2 heterocycles. The van der Waals surface area contributed by atoms with Gasteiger partial charge in [0.1, 0.15) is 5.75 Å². The van der Waals surface area contributed by atoms with Crippen LogP contribution in [0.4, 0.5) is 0 Å². The normalized spacial score (nSPS) is 20.0. The van der Waals surface area contributed by atoms with E-state index in [1.165, 1.54) is 11.1 Å². The third-order valence-electron chi connectivity index (χ3n) is 4.99. The van der Waals surface area contributed by atoms with Crippen molar-refractivity contribution in [1.29, 1.82) is 0 Å². The minimum absolute atomic E-state index is 0.0708. The van der Waals surface area contributed by atoms with Gasteiger partial charge in [0.2, 0.25) is 5.91 Å². The molecular weight excluding hydrogens is 314 g/mol. The van der Waals surface area contributed by atoms with E-state index < -0.39 is 0 Å². The van der Waals surface area contributed by atoms with Crippen LogP contribution in [0.2, 0.25) is 0 Å². The van der Waals surface area contributed by atoms with Gasteiger partial charge in [0.15, 0.2) is 0 Å². The van der Waals surface area contributed by atoms with Crippen LogP contribution in [-0.4, -0.2) is 60.1 Å². The number of nitrogens with one attached hydrogen (secondary N) is 1. The van der Waals surface area contributed by atoms with E-state index in [-0.39, 0.29) is 17.5 Å². The first-order chi connectivity index (χ1) is 11.8. The summed E-state index contributed by atoms with van der Waals surface area (Å²) in [7, 11) is 0. The highest BCUT2D eigenvalue weighted by Crippen LogP contribution is 2.26. The molecule has 1 saturated heterocycles. The van der Waals surface area contributed by atoms with Crippen molar-refractivity contribution in [3.63, 3.8) is 0 Å². The molecule has 0 aliphatic carbocycles. The van der Waals surface area contributed by atoms with Crippen LogP contribution in [0.25, 0.3) is 0 Å². The first-order valence-corrected chi connectivity index (χ1v) is 9.35. The molecular formula is C20H31N3O2. The molecule has 138 valence electrons. The van der Waals surface area contributed by atoms with Crippen molar-refractivity contribution in [2.75, 3.05) is 32.8 Å². The van der Waals surface area contributed by atoms with Crippen LogP contribution < -0.4 is 10.1 Å². The maximum absolute atomic E-state index is 12.4. The van der Waals surface area contributed by atoms with Gasteiger partial charge in [0.25, 0.3) is 0 Å². The lowest BCUT2D eigenvalue weighted by molar-refractivity contribution is -0.128. The number of hydrogen-bond donors (Lipinski definition) is 1. The summed E-state index contributed by atoms with van der Waals surface area (Å²) < 4.78 is 5.58. The summed E-state index contributed by atoms with van der Waals surface area (Å²) in [4.78, 5) is 17.1. The lowest BCUT2D eigenvalue weighted by atomic mass is 10.1. The van der Waals surface area contributed by atoms with Crippen molar-refractivity contribution >= 4 is 5.91 Å². The molecule has 0 bridgehead atoms. The Bertz CT molecular complexity index is 616. The van der Waals surface area contributed by atoms with E-state index in [2.05, 4.69) is 33.3 Å². The molecule has 1 unspecified atom stereocenters. The van der Waals surface area contributed by atoms with Gasteiger partial charge in [-0.3, -0.25) is 14.6 Å². The number of piperazine rings is 1. The van der Waals surface area contributed by atoms with Gasteiger partial charge in [-0.25, -0.2) is 0 Å². The second-order valence-electron chi connectivity index (χ2n) is 8.27. The number of ether oxygens (including phenoxy) is 1. The van der Waals surface area contributed by atoms with E-state index in [0.717, 1.165) is 51.5 Å². The van der Waals surface area contributed by atoms with E-state index in [1.807, 2.05) is 27.7 Å². The zero-order chi connectivity index (χ0) is 18.0. The van der Waals surface area contributed by atoms with Gasteiger partial charge < -0.3 is 10.1 Å². The van der Waals surface area contributed by atoms with Gasteiger partial charge in [0, 0.05) is 44.7 Å². The Morgan fingerprint density at radius 2 is 1.96 bits per heavy atom. The lowest BCUT2D eigenvalue weighted by Crippen LogP contribution is -2.56. The Morgan fingerprint density at radius 1 is 1.24 bits per heavy atom. The first kappa shape index (κ1) is 18.2. The molecule has 0 spiro atoms. The molecule has 1 aromatic rings. The summed E-state index contributed by atoms with van der Waals surface area (Å²) in [6, 6.07) is 6.50. The summed E-state index contributed by atoms with van der Waals surface area (Å²) in [6.07, 6.45) is 1.03. The summed E-state index contributed by atoms with van der Waals surface area (Å²) in [6.45, 7) is 13.7. The van der Waals surface area contributed by atoms with Crippen LogP contribution in [0.3, 0.4) is 0 Å². The molecule has 5 nitrogen and oxygen atoms in total. The van der Waals surface area contributed by atoms with Crippen molar-refractivity contribution in [1.82, 2.24) is 15.1 Å².